The first kappa shape index (κ1) is 27.2. The first-order valence-corrected chi connectivity index (χ1v) is 10.9. The van der Waals surface area contributed by atoms with Gasteiger partial charge in [0, 0.05) is 30.0 Å². The Bertz CT molecular complexity index is 617. The second-order valence-electron chi connectivity index (χ2n) is 6.14. The first-order chi connectivity index (χ1) is 14.4. The molecule has 3 rings (SSSR count). The summed E-state index contributed by atoms with van der Waals surface area (Å²) in [5.41, 5.74) is 0. The summed E-state index contributed by atoms with van der Waals surface area (Å²) < 4.78 is 50.2. The predicted octanol–water partition coefficient (Wildman–Crippen LogP) is -3.12. The number of rotatable bonds is 9. The number of ether oxygens (including phenoxy) is 3. The van der Waals surface area contributed by atoms with Crippen LogP contribution in [0.15, 0.2) is 15.0 Å². The van der Waals surface area contributed by atoms with Gasteiger partial charge in [-0.2, -0.15) is 0 Å². The zero-order chi connectivity index (χ0) is 21.7. The standard InChI is InChI=1S/C15H27N7O3.Fe.H2O4S/c1(16-13-19-4-10-23-13)7-22(8-2-17-14-20-5-11-24-14)9-3-18-15-21-6-12-25-15;;1-5(2,3)4/h1-12H2,(H,16,19)(H,17,20)(H,18,21);;(H2,1,2,3,4)/q;+3;/p-2. The minimum atomic E-state index is -5.17. The van der Waals surface area contributed by atoms with Crippen molar-refractivity contribution in [2.24, 2.45) is 15.0 Å². The third-order valence-corrected chi connectivity index (χ3v) is 3.87. The molecule has 16 heteroatoms. The van der Waals surface area contributed by atoms with Gasteiger partial charge in [0.15, 0.2) is 0 Å². The molecule has 3 saturated heterocycles. The van der Waals surface area contributed by atoms with Crippen molar-refractivity contribution in [3.8, 4) is 0 Å². The van der Waals surface area contributed by atoms with Gasteiger partial charge in [0.1, 0.15) is 19.8 Å². The Morgan fingerprint density at radius 2 is 1.03 bits per heavy atom. The molecule has 0 aromatic carbocycles. The molecule has 3 fully saturated rings. The van der Waals surface area contributed by atoms with Crippen LogP contribution in [-0.2, 0) is 41.7 Å². The van der Waals surface area contributed by atoms with Gasteiger partial charge in [-0.15, -0.1) is 0 Å². The van der Waals surface area contributed by atoms with Gasteiger partial charge < -0.3 is 39.3 Å². The molecule has 0 amide bonds. The van der Waals surface area contributed by atoms with E-state index in [1.165, 1.54) is 0 Å². The van der Waals surface area contributed by atoms with Crippen LogP contribution in [-0.4, -0.2) is 119 Å². The van der Waals surface area contributed by atoms with E-state index in [1.807, 2.05) is 0 Å². The molecule has 31 heavy (non-hydrogen) atoms. The van der Waals surface area contributed by atoms with Crippen LogP contribution in [0.2, 0.25) is 0 Å². The fraction of sp³-hybridized carbons (Fsp3) is 0.800. The number of hydrogen-bond acceptors (Lipinski definition) is 11. The Hall–Kier alpha value is -1.84. The minimum absolute atomic E-state index is 0. The molecule has 3 heterocycles. The number of amidine groups is 3. The molecule has 0 aliphatic carbocycles. The summed E-state index contributed by atoms with van der Waals surface area (Å²) in [5.74, 6) is 0. The molecule has 3 aliphatic rings. The van der Waals surface area contributed by atoms with E-state index in [1.54, 1.807) is 0 Å². The fourth-order valence-corrected chi connectivity index (χ4v) is 2.59. The summed E-state index contributed by atoms with van der Waals surface area (Å²) in [6, 6.07) is 1.94. The number of nitrogens with one attached hydrogen (secondary N) is 3. The number of nitrogens with zero attached hydrogens (tertiary/aromatic N) is 4. The van der Waals surface area contributed by atoms with Crippen LogP contribution in [0.5, 0.6) is 0 Å². The van der Waals surface area contributed by atoms with Crippen molar-refractivity contribution in [2.45, 2.75) is 0 Å². The molecule has 1 radical (unpaired) electrons. The minimum Gasteiger partial charge on any atom is -0.759 e. The molecule has 0 spiro atoms. The molecule has 0 aromatic rings. The van der Waals surface area contributed by atoms with Crippen molar-refractivity contribution in [2.75, 3.05) is 78.7 Å². The summed E-state index contributed by atoms with van der Waals surface area (Å²) in [6.07, 6.45) is 0. The fourth-order valence-electron chi connectivity index (χ4n) is 2.59. The molecule has 0 atom stereocenters. The maximum absolute atomic E-state index is 8.52. The van der Waals surface area contributed by atoms with E-state index >= 15 is 0 Å². The van der Waals surface area contributed by atoms with Crippen molar-refractivity contribution in [3.05, 3.63) is 0 Å². The Balaban J connectivity index is 0.000000721. The van der Waals surface area contributed by atoms with E-state index in [4.69, 9.17) is 31.7 Å². The third kappa shape index (κ3) is 14.0. The molecule has 3 N–H and O–H groups in total. The van der Waals surface area contributed by atoms with Gasteiger partial charge in [0.05, 0.1) is 39.3 Å². The van der Waals surface area contributed by atoms with Crippen LogP contribution in [0.3, 0.4) is 0 Å². The molecule has 3 aliphatic heterocycles. The van der Waals surface area contributed by atoms with Gasteiger partial charge in [-0.05, 0) is 0 Å². The Labute approximate surface area is 192 Å². The average Bonchev–Trinajstić information content (AvgIpc) is 3.44. The van der Waals surface area contributed by atoms with E-state index in [0.717, 1.165) is 39.3 Å². The quantitative estimate of drug-likeness (QED) is 0.164. The molecule has 0 unspecified atom stereocenters. The van der Waals surface area contributed by atoms with Crippen molar-refractivity contribution in [1.82, 2.24) is 20.9 Å². The van der Waals surface area contributed by atoms with Crippen molar-refractivity contribution < 1.29 is 48.8 Å². The van der Waals surface area contributed by atoms with Crippen molar-refractivity contribution in [3.63, 3.8) is 0 Å². The van der Waals surface area contributed by atoms with E-state index in [-0.39, 0.29) is 17.1 Å². The third-order valence-electron chi connectivity index (χ3n) is 3.87. The van der Waals surface area contributed by atoms with Crippen LogP contribution in [0.4, 0.5) is 0 Å². The first-order valence-electron chi connectivity index (χ1n) is 9.52. The van der Waals surface area contributed by atoms with Gasteiger partial charge in [-0.1, -0.05) is 0 Å². The second kappa shape index (κ2) is 15.0. The average molecular weight is 505 g/mol. The molecule has 177 valence electrons. The molecular formula is C15H27FeN7O7S+. The summed E-state index contributed by atoms with van der Waals surface area (Å²) in [4.78, 5) is 15.6. The molecule has 14 nitrogen and oxygen atoms in total. The Morgan fingerprint density at radius 3 is 1.26 bits per heavy atom. The van der Waals surface area contributed by atoms with Gasteiger partial charge in [0.25, 0.3) is 18.1 Å². The van der Waals surface area contributed by atoms with Gasteiger partial charge in [0.2, 0.25) is 0 Å². The van der Waals surface area contributed by atoms with Gasteiger partial charge >= 0.3 is 17.1 Å². The maximum atomic E-state index is 8.52. The van der Waals surface area contributed by atoms with Crippen LogP contribution in [0.1, 0.15) is 0 Å². The van der Waals surface area contributed by atoms with Crippen LogP contribution < -0.4 is 16.0 Å². The molecule has 0 aromatic heterocycles. The van der Waals surface area contributed by atoms with Gasteiger partial charge in [-0.3, -0.25) is 13.3 Å². The predicted molar refractivity (Wildman–Crippen MR) is 106 cm³/mol. The zero-order valence-corrected chi connectivity index (χ0v) is 18.8. The summed E-state index contributed by atoms with van der Waals surface area (Å²) in [5, 5.41) is 9.32. The maximum Gasteiger partial charge on any atom is 3.00 e. The van der Waals surface area contributed by atoms with E-state index in [9.17, 15) is 0 Å². The second-order valence-corrected chi connectivity index (χ2v) is 6.95. The SMILES string of the molecule is C(CN(CCN=C1NCCO1)CCN=C1NCCO1)N=C1NCCO1.O=S(=O)([O-])[O-].[Fe+3]. The summed E-state index contributed by atoms with van der Waals surface area (Å²) in [7, 11) is -5.17. The largest absolute Gasteiger partial charge is 3.00 e. The molecular weight excluding hydrogens is 478 g/mol. The normalized spacial score (nSPS) is 21.3. The topological polar surface area (TPSA) is 184 Å². The van der Waals surface area contributed by atoms with Crippen molar-refractivity contribution >= 4 is 28.5 Å². The number of aliphatic imine (C=N–C) groups is 3. The summed E-state index contributed by atoms with van der Waals surface area (Å²) >= 11 is 0. The zero-order valence-electron chi connectivity index (χ0n) is 16.9. The monoisotopic (exact) mass is 505 g/mol. The van der Waals surface area contributed by atoms with Gasteiger partial charge in [-0.25, -0.2) is 15.0 Å². The molecule has 0 bridgehead atoms. The van der Waals surface area contributed by atoms with E-state index < -0.39 is 10.4 Å². The van der Waals surface area contributed by atoms with Crippen LogP contribution in [0, 0.1) is 0 Å². The Morgan fingerprint density at radius 1 is 0.742 bits per heavy atom. The number of hydrogen-bond donors (Lipinski definition) is 3. The van der Waals surface area contributed by atoms with Crippen LogP contribution in [0.25, 0.3) is 0 Å². The van der Waals surface area contributed by atoms with Crippen LogP contribution >= 0.6 is 0 Å². The summed E-state index contributed by atoms with van der Waals surface area (Å²) in [6.45, 7) is 9.09. The van der Waals surface area contributed by atoms with E-state index in [2.05, 4.69) is 35.8 Å². The Kier molecular flexibility index (Phi) is 13.2. The van der Waals surface area contributed by atoms with E-state index in [0.29, 0.717) is 57.5 Å². The molecule has 0 saturated carbocycles. The smallest absolute Gasteiger partial charge is 0.759 e. The van der Waals surface area contributed by atoms with Crippen molar-refractivity contribution in [1.29, 1.82) is 0 Å².